The highest BCUT2D eigenvalue weighted by atomic mass is 35.5. The zero-order chi connectivity index (χ0) is 12.3. The summed E-state index contributed by atoms with van der Waals surface area (Å²) in [7, 11) is 0. The van der Waals surface area contributed by atoms with Gasteiger partial charge in [-0.3, -0.25) is 9.59 Å². The molecular weight excluding hydrogens is 238 g/mol. The second kappa shape index (κ2) is 4.88. The molecule has 0 radical (unpaired) electrons. The van der Waals surface area contributed by atoms with Gasteiger partial charge >= 0.3 is 0 Å². The minimum atomic E-state index is -0.823. The van der Waals surface area contributed by atoms with E-state index in [-0.39, 0.29) is 17.6 Å². The Labute approximate surface area is 105 Å². The van der Waals surface area contributed by atoms with Crippen LogP contribution in [0.15, 0.2) is 30.3 Å². The van der Waals surface area contributed by atoms with Crippen LogP contribution in [0.25, 0.3) is 0 Å². The summed E-state index contributed by atoms with van der Waals surface area (Å²) >= 11 is 5.51. The number of carbonyl (C=O) groups excluding carboxylic acids is 2. The number of Topliss-reactive ketones (excluding diaryl/α,β-unsaturated/α-hetero) is 1. The van der Waals surface area contributed by atoms with Gasteiger partial charge in [-0.2, -0.15) is 0 Å². The van der Waals surface area contributed by atoms with Crippen LogP contribution in [-0.2, 0) is 16.1 Å². The maximum Gasteiger partial charge on any atom is 0.234 e. The first-order chi connectivity index (χ1) is 8.19. The number of hydrogen-bond donors (Lipinski definition) is 1. The Kier molecular flexibility index (Phi) is 3.48. The molecule has 0 atom stereocenters. The molecule has 1 fully saturated rings. The lowest BCUT2D eigenvalue weighted by atomic mass is 10.0. The molecule has 2 rings (SSSR count). The van der Waals surface area contributed by atoms with Crippen molar-refractivity contribution in [1.82, 2.24) is 5.32 Å². The van der Waals surface area contributed by atoms with Crippen LogP contribution in [0.2, 0.25) is 0 Å². The van der Waals surface area contributed by atoms with Crippen LogP contribution in [-0.4, -0.2) is 17.6 Å². The Hall–Kier alpha value is -1.35. The minimum Gasteiger partial charge on any atom is -0.351 e. The Morgan fingerprint density at radius 3 is 2.41 bits per heavy atom. The van der Waals surface area contributed by atoms with E-state index in [1.165, 1.54) is 0 Å². The molecule has 1 aliphatic rings. The van der Waals surface area contributed by atoms with Crippen molar-refractivity contribution in [3.05, 3.63) is 35.9 Å². The second-order valence-corrected chi connectivity index (χ2v) is 4.57. The zero-order valence-electron chi connectivity index (χ0n) is 9.41. The topological polar surface area (TPSA) is 46.2 Å². The molecule has 17 heavy (non-hydrogen) atoms. The monoisotopic (exact) mass is 251 g/mol. The number of nitrogens with one attached hydrogen (secondary N) is 1. The number of rotatable bonds is 5. The molecule has 90 valence electrons. The number of carbonyl (C=O) groups is 2. The molecule has 0 spiro atoms. The number of alkyl halides is 1. The van der Waals surface area contributed by atoms with Gasteiger partial charge in [0.05, 0.1) is 5.88 Å². The number of amides is 1. The third-order valence-electron chi connectivity index (χ3n) is 3.14. The lowest BCUT2D eigenvalue weighted by Gasteiger charge is -2.12. The average Bonchev–Trinajstić information content (AvgIpc) is 3.17. The highest BCUT2D eigenvalue weighted by Gasteiger charge is 2.55. The average molecular weight is 252 g/mol. The number of halogens is 1. The summed E-state index contributed by atoms with van der Waals surface area (Å²) in [5, 5.41) is 2.80. The van der Waals surface area contributed by atoms with Crippen molar-refractivity contribution in [1.29, 1.82) is 0 Å². The van der Waals surface area contributed by atoms with Gasteiger partial charge in [-0.25, -0.2) is 0 Å². The molecule has 3 nitrogen and oxygen atoms in total. The second-order valence-electron chi connectivity index (χ2n) is 4.31. The van der Waals surface area contributed by atoms with Gasteiger partial charge in [0.15, 0.2) is 5.78 Å². The summed E-state index contributed by atoms with van der Waals surface area (Å²) in [5.74, 6) is -0.435. The van der Waals surface area contributed by atoms with Crippen molar-refractivity contribution in [2.75, 3.05) is 5.88 Å². The van der Waals surface area contributed by atoms with Crippen molar-refractivity contribution < 1.29 is 9.59 Å². The van der Waals surface area contributed by atoms with E-state index in [2.05, 4.69) is 5.32 Å². The van der Waals surface area contributed by atoms with Crippen LogP contribution < -0.4 is 5.32 Å². The van der Waals surface area contributed by atoms with E-state index in [0.717, 1.165) is 5.56 Å². The van der Waals surface area contributed by atoms with Crippen LogP contribution in [0, 0.1) is 5.41 Å². The number of ketones is 1. The molecule has 0 aliphatic heterocycles. The Morgan fingerprint density at radius 2 is 1.88 bits per heavy atom. The van der Waals surface area contributed by atoms with E-state index >= 15 is 0 Å². The smallest absolute Gasteiger partial charge is 0.234 e. The first-order valence-corrected chi connectivity index (χ1v) is 6.14. The first kappa shape index (κ1) is 12.1. The van der Waals surface area contributed by atoms with E-state index in [1.807, 2.05) is 30.3 Å². The van der Waals surface area contributed by atoms with Crippen LogP contribution >= 0.6 is 11.6 Å². The molecule has 1 aromatic carbocycles. The fraction of sp³-hybridized carbons (Fsp3) is 0.385. The quantitative estimate of drug-likeness (QED) is 0.642. The van der Waals surface area contributed by atoms with Gasteiger partial charge in [0.25, 0.3) is 0 Å². The molecule has 0 bridgehead atoms. The van der Waals surface area contributed by atoms with Gasteiger partial charge in [-0.1, -0.05) is 30.3 Å². The number of hydrogen-bond acceptors (Lipinski definition) is 2. The van der Waals surface area contributed by atoms with Crippen molar-refractivity contribution in [3.63, 3.8) is 0 Å². The third kappa shape index (κ3) is 2.50. The summed E-state index contributed by atoms with van der Waals surface area (Å²) in [5.41, 5.74) is 0.200. The highest BCUT2D eigenvalue weighted by molar-refractivity contribution is 6.31. The lowest BCUT2D eigenvalue weighted by molar-refractivity contribution is -0.134. The third-order valence-corrected chi connectivity index (χ3v) is 3.38. The lowest BCUT2D eigenvalue weighted by Crippen LogP contribution is -2.37. The Bertz CT molecular complexity index is 426. The van der Waals surface area contributed by atoms with Gasteiger partial charge in [0.1, 0.15) is 5.41 Å². The highest BCUT2D eigenvalue weighted by Crippen LogP contribution is 2.47. The Morgan fingerprint density at radius 1 is 1.24 bits per heavy atom. The maximum atomic E-state index is 11.9. The molecule has 0 unspecified atom stereocenters. The molecule has 0 aromatic heterocycles. The molecular formula is C13H14ClNO2. The predicted octanol–water partition coefficient (Wildman–Crippen LogP) is 1.89. The fourth-order valence-electron chi connectivity index (χ4n) is 1.83. The van der Waals surface area contributed by atoms with Gasteiger partial charge in [0, 0.05) is 6.54 Å². The van der Waals surface area contributed by atoms with E-state index < -0.39 is 5.41 Å². The SMILES string of the molecule is O=C(CCl)C1(C(=O)NCc2ccccc2)CC1. The molecule has 1 saturated carbocycles. The summed E-state index contributed by atoms with van der Waals surface area (Å²) in [6, 6.07) is 9.62. The minimum absolute atomic E-state index is 0.0846. The van der Waals surface area contributed by atoms with E-state index in [1.54, 1.807) is 0 Å². The van der Waals surface area contributed by atoms with Gasteiger partial charge in [-0.05, 0) is 18.4 Å². The van der Waals surface area contributed by atoms with Crippen LogP contribution in [0.1, 0.15) is 18.4 Å². The van der Waals surface area contributed by atoms with Crippen LogP contribution in [0.3, 0.4) is 0 Å². The number of benzene rings is 1. The molecule has 4 heteroatoms. The summed E-state index contributed by atoms with van der Waals surface area (Å²) in [6.07, 6.45) is 1.25. The summed E-state index contributed by atoms with van der Waals surface area (Å²) in [4.78, 5) is 23.5. The molecule has 0 saturated heterocycles. The molecule has 1 aromatic rings. The van der Waals surface area contributed by atoms with Crippen molar-refractivity contribution in [2.45, 2.75) is 19.4 Å². The van der Waals surface area contributed by atoms with E-state index in [9.17, 15) is 9.59 Å². The van der Waals surface area contributed by atoms with Crippen molar-refractivity contribution >= 4 is 23.3 Å². The molecule has 1 N–H and O–H groups in total. The Balaban J connectivity index is 1.92. The fourth-order valence-corrected chi connectivity index (χ4v) is 2.09. The molecule has 1 aliphatic carbocycles. The summed E-state index contributed by atoms with van der Waals surface area (Å²) in [6.45, 7) is 0.455. The van der Waals surface area contributed by atoms with Crippen LogP contribution in [0.4, 0.5) is 0 Å². The van der Waals surface area contributed by atoms with Crippen molar-refractivity contribution in [2.24, 2.45) is 5.41 Å². The van der Waals surface area contributed by atoms with Crippen LogP contribution in [0.5, 0.6) is 0 Å². The van der Waals surface area contributed by atoms with Gasteiger partial charge in [0.2, 0.25) is 5.91 Å². The zero-order valence-corrected chi connectivity index (χ0v) is 10.2. The molecule has 0 heterocycles. The first-order valence-electron chi connectivity index (χ1n) is 5.60. The van der Waals surface area contributed by atoms with Gasteiger partial charge < -0.3 is 5.32 Å². The molecule has 1 amide bonds. The standard InChI is InChI=1S/C13H14ClNO2/c14-8-11(16)13(6-7-13)12(17)15-9-10-4-2-1-3-5-10/h1-5H,6-9H2,(H,15,17). The normalized spacial score (nSPS) is 16.3. The maximum absolute atomic E-state index is 11.9. The van der Waals surface area contributed by atoms with E-state index in [4.69, 9.17) is 11.6 Å². The largest absolute Gasteiger partial charge is 0.351 e. The van der Waals surface area contributed by atoms with Gasteiger partial charge in [-0.15, -0.1) is 11.6 Å². The van der Waals surface area contributed by atoms with Crippen molar-refractivity contribution in [3.8, 4) is 0 Å². The summed E-state index contributed by atoms with van der Waals surface area (Å²) < 4.78 is 0. The van der Waals surface area contributed by atoms with E-state index in [0.29, 0.717) is 19.4 Å². The predicted molar refractivity (Wildman–Crippen MR) is 65.7 cm³/mol.